The van der Waals surface area contributed by atoms with E-state index in [4.69, 9.17) is 5.73 Å². The van der Waals surface area contributed by atoms with E-state index < -0.39 is 0 Å². The summed E-state index contributed by atoms with van der Waals surface area (Å²) >= 11 is 0. The second kappa shape index (κ2) is 6.25. The molecule has 0 amide bonds. The average molecular weight is 206 g/mol. The smallest absolute Gasteiger partial charge is 0.0453 e. The van der Waals surface area contributed by atoms with Gasteiger partial charge >= 0.3 is 0 Å². The Hall–Kier alpha value is -1.28. The van der Waals surface area contributed by atoms with Gasteiger partial charge in [0.05, 0.1) is 0 Å². The molecule has 0 aliphatic rings. The molecule has 0 aliphatic carbocycles. The highest BCUT2D eigenvalue weighted by Gasteiger charge is 2.07. The van der Waals surface area contributed by atoms with Crippen LogP contribution < -0.4 is 5.73 Å². The van der Waals surface area contributed by atoms with Crippen molar-refractivity contribution in [1.29, 1.82) is 0 Å². The minimum Gasteiger partial charge on any atom is -0.361 e. The summed E-state index contributed by atoms with van der Waals surface area (Å²) in [4.78, 5) is 3.22. The van der Waals surface area contributed by atoms with Crippen molar-refractivity contribution in [3.8, 4) is 0 Å². The van der Waals surface area contributed by atoms with E-state index in [0.717, 1.165) is 12.1 Å². The number of aromatic amines is 1. The lowest BCUT2D eigenvalue weighted by Crippen LogP contribution is -2.17. The molecular formula is C13H22N2. The van der Waals surface area contributed by atoms with Gasteiger partial charge in [-0.05, 0) is 31.9 Å². The summed E-state index contributed by atoms with van der Waals surface area (Å²) in [5, 5.41) is 0. The number of nitrogens with one attached hydrogen (secondary N) is 1. The van der Waals surface area contributed by atoms with Crippen LogP contribution in [0.2, 0.25) is 0 Å². The molecule has 0 radical (unpaired) electrons. The molecule has 0 fully saturated rings. The van der Waals surface area contributed by atoms with Gasteiger partial charge in [-0.3, -0.25) is 0 Å². The fourth-order valence-electron chi connectivity index (χ4n) is 1.55. The van der Waals surface area contributed by atoms with Crippen molar-refractivity contribution in [3.05, 3.63) is 35.7 Å². The van der Waals surface area contributed by atoms with Gasteiger partial charge in [0.25, 0.3) is 0 Å². The van der Waals surface area contributed by atoms with Crippen molar-refractivity contribution in [2.24, 2.45) is 5.73 Å². The zero-order valence-electron chi connectivity index (χ0n) is 8.88. The Labute approximate surface area is 92.9 Å². The maximum atomic E-state index is 5.77. The molecule has 0 saturated heterocycles. The van der Waals surface area contributed by atoms with Crippen molar-refractivity contribution in [1.82, 2.24) is 4.98 Å². The minimum atomic E-state index is 0. The zero-order valence-corrected chi connectivity index (χ0v) is 8.88. The summed E-state index contributed by atoms with van der Waals surface area (Å²) in [7, 11) is 0. The van der Waals surface area contributed by atoms with Crippen LogP contribution in [0.3, 0.4) is 0 Å². The molecule has 0 saturated carbocycles. The fourth-order valence-corrected chi connectivity index (χ4v) is 1.55. The van der Waals surface area contributed by atoms with Gasteiger partial charge in [0.15, 0.2) is 0 Å². The Morgan fingerprint density at radius 3 is 2.73 bits per heavy atom. The van der Waals surface area contributed by atoms with E-state index in [9.17, 15) is 0 Å². The first-order valence-corrected chi connectivity index (χ1v) is 4.90. The molecule has 2 heteroatoms. The Morgan fingerprint density at radius 2 is 2.27 bits per heavy atom. The Balaban J connectivity index is 0.00000196. The first-order chi connectivity index (χ1) is 6.69. The normalized spacial score (nSPS) is 12.5. The number of hydrogen-bond donors (Lipinski definition) is 2. The Morgan fingerprint density at radius 1 is 1.60 bits per heavy atom. The molecule has 0 bridgehead atoms. The molecule has 0 spiro atoms. The van der Waals surface area contributed by atoms with E-state index in [1.54, 1.807) is 0 Å². The monoisotopic (exact) mass is 206 g/mol. The second-order valence-corrected chi connectivity index (χ2v) is 3.53. The number of rotatable bonds is 4. The second-order valence-electron chi connectivity index (χ2n) is 3.53. The molecule has 3 N–H and O–H groups in total. The highest BCUT2D eigenvalue weighted by Crippen LogP contribution is 2.18. The lowest BCUT2D eigenvalue weighted by molar-refractivity contribution is 0.738. The van der Waals surface area contributed by atoms with Gasteiger partial charge in [-0.25, -0.2) is 0 Å². The summed E-state index contributed by atoms with van der Waals surface area (Å²) in [5.74, 6) is 0. The van der Waals surface area contributed by atoms with Gasteiger partial charge < -0.3 is 10.7 Å². The molecule has 1 unspecified atom stereocenters. The minimum absolute atomic E-state index is 0. The molecular weight excluding hydrogens is 184 g/mol. The molecule has 2 nitrogen and oxygen atoms in total. The Bertz CT molecular complexity index is 332. The van der Waals surface area contributed by atoms with Crippen LogP contribution >= 0.6 is 0 Å². The molecule has 1 aromatic heterocycles. The number of nitrogens with two attached hydrogens (primary N) is 1. The molecule has 0 aromatic carbocycles. The summed E-state index contributed by atoms with van der Waals surface area (Å²) in [6.45, 7) is 7.83. The fraction of sp³-hybridized carbons (Fsp3) is 0.385. The van der Waals surface area contributed by atoms with Gasteiger partial charge in [-0.1, -0.05) is 26.2 Å². The molecule has 1 rings (SSSR count). The molecule has 1 heterocycles. The number of hydrogen-bond acceptors (Lipinski definition) is 1. The van der Waals surface area contributed by atoms with Crippen LogP contribution in [0.4, 0.5) is 0 Å². The van der Waals surface area contributed by atoms with Crippen molar-refractivity contribution in [3.63, 3.8) is 0 Å². The summed E-state index contributed by atoms with van der Waals surface area (Å²) < 4.78 is 0. The van der Waals surface area contributed by atoms with Crippen LogP contribution in [-0.2, 0) is 6.42 Å². The van der Waals surface area contributed by atoms with E-state index in [1.165, 1.54) is 11.1 Å². The van der Waals surface area contributed by atoms with Crippen molar-refractivity contribution < 1.29 is 0 Å². The van der Waals surface area contributed by atoms with Gasteiger partial charge in [-0.2, -0.15) is 0 Å². The van der Waals surface area contributed by atoms with Crippen LogP contribution in [0.5, 0.6) is 0 Å². The lowest BCUT2D eigenvalue weighted by atomic mass is 10.0. The summed E-state index contributed by atoms with van der Waals surface area (Å²) in [5.41, 5.74) is 9.28. The maximum absolute atomic E-state index is 5.77. The van der Waals surface area contributed by atoms with Crippen LogP contribution in [0.25, 0.3) is 12.2 Å². The van der Waals surface area contributed by atoms with Gasteiger partial charge in [0.1, 0.15) is 0 Å². The van der Waals surface area contributed by atoms with E-state index in [0.29, 0.717) is 0 Å². The molecule has 1 atom stereocenters. The largest absolute Gasteiger partial charge is 0.361 e. The van der Waals surface area contributed by atoms with E-state index >= 15 is 0 Å². The average Bonchev–Trinajstić information content (AvgIpc) is 2.47. The zero-order chi connectivity index (χ0) is 10.6. The highest BCUT2D eigenvalue weighted by molar-refractivity contribution is 5.65. The highest BCUT2D eigenvalue weighted by atomic mass is 14.7. The topological polar surface area (TPSA) is 41.8 Å². The van der Waals surface area contributed by atoms with E-state index in [-0.39, 0.29) is 13.5 Å². The van der Waals surface area contributed by atoms with Gasteiger partial charge in [0.2, 0.25) is 0 Å². The molecule has 84 valence electrons. The maximum Gasteiger partial charge on any atom is 0.0453 e. The van der Waals surface area contributed by atoms with Crippen LogP contribution in [0.1, 0.15) is 38.1 Å². The molecule has 0 aliphatic heterocycles. The third-order valence-corrected chi connectivity index (χ3v) is 2.12. The number of aromatic nitrogens is 1. The summed E-state index contributed by atoms with van der Waals surface area (Å²) in [6, 6.07) is 0.183. The number of H-pyrrole nitrogens is 1. The van der Waals surface area contributed by atoms with Crippen molar-refractivity contribution in [2.75, 3.05) is 0 Å². The van der Waals surface area contributed by atoms with Crippen molar-refractivity contribution in [2.45, 2.75) is 33.7 Å². The standard InChI is InChI=1S/C12H18N2.CH4/c1-4-6-12-11(5-2)10(8-14-12)7-9(3)13;/h4-6,8-9,14H,2,7,13H2,1,3H3;1H4/b6-4-;. The lowest BCUT2D eigenvalue weighted by Gasteiger charge is -2.04. The predicted molar refractivity (Wildman–Crippen MR) is 69.7 cm³/mol. The first kappa shape index (κ1) is 13.7. The van der Waals surface area contributed by atoms with Crippen LogP contribution in [0.15, 0.2) is 18.9 Å². The van der Waals surface area contributed by atoms with Crippen LogP contribution in [-0.4, -0.2) is 11.0 Å². The van der Waals surface area contributed by atoms with Gasteiger partial charge in [-0.15, -0.1) is 0 Å². The predicted octanol–water partition coefficient (Wildman–Crippen LogP) is 3.22. The summed E-state index contributed by atoms with van der Waals surface area (Å²) in [6.07, 6.45) is 8.82. The van der Waals surface area contributed by atoms with E-state index in [1.807, 2.05) is 38.3 Å². The van der Waals surface area contributed by atoms with Crippen LogP contribution in [0, 0.1) is 0 Å². The molecule has 1 aromatic rings. The molecule has 15 heavy (non-hydrogen) atoms. The van der Waals surface area contributed by atoms with E-state index in [2.05, 4.69) is 11.6 Å². The Kier molecular flexibility index (Phi) is 5.72. The SMILES string of the molecule is C.C=Cc1c(CC(C)N)c[nH]c1/C=C\C. The third kappa shape index (κ3) is 3.40. The quantitative estimate of drug-likeness (QED) is 0.780. The van der Waals surface area contributed by atoms with Crippen molar-refractivity contribution >= 4 is 12.2 Å². The number of allylic oxidation sites excluding steroid dienone is 1. The third-order valence-electron chi connectivity index (χ3n) is 2.12. The van der Waals surface area contributed by atoms with Gasteiger partial charge in [0, 0.05) is 23.5 Å². The first-order valence-electron chi connectivity index (χ1n) is 4.90.